The molecule has 0 fully saturated rings. The molecule has 0 amide bonds. The van der Waals surface area contributed by atoms with Crippen LogP contribution in [0.3, 0.4) is 0 Å². The summed E-state index contributed by atoms with van der Waals surface area (Å²) in [5.74, 6) is 0. The average molecular weight is 122 g/mol. The van der Waals surface area contributed by atoms with Gasteiger partial charge < -0.3 is 0 Å². The Hall–Kier alpha value is -0.425. The Morgan fingerprint density at radius 3 is 2.00 bits per heavy atom. The van der Waals surface area contributed by atoms with Crippen LogP contribution in [0.5, 0.6) is 0 Å². The van der Waals surface area contributed by atoms with Crippen molar-refractivity contribution >= 4 is 24.9 Å². The van der Waals surface area contributed by atoms with E-state index in [1.807, 2.05) is 0 Å². The van der Waals surface area contributed by atoms with Gasteiger partial charge >= 0.3 is 0 Å². The lowest BCUT2D eigenvalue weighted by atomic mass is 9.97. The molecule has 0 aliphatic heterocycles. The maximum Gasteiger partial charge on any atom is 0.113 e. The number of hydrogen-bond donors (Lipinski definition) is 0. The topological polar surface area (TPSA) is 0 Å². The van der Waals surface area contributed by atoms with Crippen molar-refractivity contribution in [1.29, 1.82) is 0 Å². The molecule has 0 bridgehead atoms. The van der Waals surface area contributed by atoms with Crippen LogP contribution in [0.15, 0.2) is 24.3 Å². The van der Waals surface area contributed by atoms with Gasteiger partial charge in [0.2, 0.25) is 0 Å². The molecule has 0 atom stereocenters. The Labute approximate surface area is 54.9 Å². The third kappa shape index (κ3) is 1.27. The van der Waals surface area contributed by atoms with Crippen LogP contribution in [0.2, 0.25) is 5.02 Å². The lowest BCUT2D eigenvalue weighted by molar-refractivity contribution is 1.77. The van der Waals surface area contributed by atoms with Crippen LogP contribution in [0, 0.1) is 0 Å². The summed E-state index contributed by atoms with van der Waals surface area (Å²) in [5.41, 5.74) is 0.745. The van der Waals surface area contributed by atoms with Crippen molar-refractivity contribution < 1.29 is 0 Å². The van der Waals surface area contributed by atoms with Gasteiger partial charge in [-0.3, -0.25) is 0 Å². The molecule has 2 heteroatoms. The first-order valence-corrected chi connectivity index (χ1v) is 2.68. The van der Waals surface area contributed by atoms with Crippen molar-refractivity contribution in [2.45, 2.75) is 0 Å². The van der Waals surface area contributed by atoms with Crippen molar-refractivity contribution in [3.05, 3.63) is 29.3 Å². The second-order valence-corrected chi connectivity index (χ2v) is 1.99. The molecular weight excluding hydrogens is 118 g/mol. The Bertz CT molecular complexity index is 147. The lowest BCUT2D eigenvalue weighted by Gasteiger charge is -1.88. The summed E-state index contributed by atoms with van der Waals surface area (Å²) in [6.07, 6.45) is 0. The van der Waals surface area contributed by atoms with Crippen molar-refractivity contribution in [2.24, 2.45) is 0 Å². The average Bonchev–Trinajstić information content (AvgIpc) is 1.77. The van der Waals surface area contributed by atoms with Crippen LogP contribution in [0.25, 0.3) is 0 Å². The molecule has 0 saturated carbocycles. The molecular formula is C6H4BCl. The van der Waals surface area contributed by atoms with Gasteiger partial charge in [0.05, 0.1) is 0 Å². The van der Waals surface area contributed by atoms with Crippen LogP contribution in [0.1, 0.15) is 0 Å². The second kappa shape index (κ2) is 2.23. The largest absolute Gasteiger partial charge is 0.113 e. The summed E-state index contributed by atoms with van der Waals surface area (Å²) >= 11 is 5.56. The zero-order chi connectivity index (χ0) is 5.98. The molecule has 0 saturated heterocycles. The smallest absolute Gasteiger partial charge is 0.0966 e. The van der Waals surface area contributed by atoms with Crippen molar-refractivity contribution in [3.8, 4) is 0 Å². The normalized spacial score (nSPS) is 9.12. The number of rotatable bonds is 0. The van der Waals surface area contributed by atoms with Gasteiger partial charge in [0.15, 0.2) is 0 Å². The molecule has 0 aliphatic carbocycles. The summed E-state index contributed by atoms with van der Waals surface area (Å²) < 4.78 is 0. The predicted molar refractivity (Wildman–Crippen MR) is 36.8 cm³/mol. The fraction of sp³-hybridized carbons (Fsp3) is 0. The molecule has 8 heavy (non-hydrogen) atoms. The monoisotopic (exact) mass is 122 g/mol. The van der Waals surface area contributed by atoms with Crippen molar-refractivity contribution in [2.75, 3.05) is 0 Å². The molecule has 0 nitrogen and oxygen atoms in total. The Kier molecular flexibility index (Phi) is 1.59. The summed E-state index contributed by atoms with van der Waals surface area (Å²) in [4.78, 5) is 0. The summed E-state index contributed by atoms with van der Waals surface area (Å²) in [6, 6.07) is 7.05. The van der Waals surface area contributed by atoms with E-state index in [1.54, 1.807) is 24.3 Å². The van der Waals surface area contributed by atoms with E-state index in [1.165, 1.54) is 0 Å². The van der Waals surface area contributed by atoms with E-state index in [-0.39, 0.29) is 0 Å². The summed E-state index contributed by atoms with van der Waals surface area (Å²) in [7, 11) is 5.37. The van der Waals surface area contributed by atoms with Crippen LogP contribution >= 0.6 is 11.6 Å². The van der Waals surface area contributed by atoms with E-state index >= 15 is 0 Å². The van der Waals surface area contributed by atoms with Gasteiger partial charge in [-0.2, -0.15) is 0 Å². The summed E-state index contributed by atoms with van der Waals surface area (Å²) in [5, 5.41) is 0.721. The minimum absolute atomic E-state index is 0.721. The SMILES string of the molecule is [B]c1ccc(Cl)cc1. The Balaban J connectivity index is 3.03. The molecule has 1 aromatic rings. The molecule has 1 aromatic carbocycles. The van der Waals surface area contributed by atoms with E-state index in [9.17, 15) is 0 Å². The zero-order valence-corrected chi connectivity index (χ0v) is 5.02. The van der Waals surface area contributed by atoms with Crippen LogP contribution in [-0.4, -0.2) is 7.85 Å². The standard InChI is InChI=1S/C6H4BCl/c7-5-1-3-6(8)4-2-5/h1-4H. The minimum atomic E-state index is 0.721. The number of halogens is 1. The molecule has 0 unspecified atom stereocenters. The first-order valence-electron chi connectivity index (χ1n) is 2.30. The molecule has 0 aliphatic rings. The highest BCUT2D eigenvalue weighted by molar-refractivity contribution is 6.34. The second-order valence-electron chi connectivity index (χ2n) is 1.55. The van der Waals surface area contributed by atoms with Crippen molar-refractivity contribution in [3.63, 3.8) is 0 Å². The van der Waals surface area contributed by atoms with E-state index in [2.05, 4.69) is 0 Å². The van der Waals surface area contributed by atoms with Gasteiger partial charge in [-0.1, -0.05) is 29.2 Å². The fourth-order valence-electron chi connectivity index (χ4n) is 0.463. The molecule has 0 heterocycles. The van der Waals surface area contributed by atoms with E-state index in [0.29, 0.717) is 0 Å². The van der Waals surface area contributed by atoms with E-state index < -0.39 is 0 Å². The highest BCUT2D eigenvalue weighted by Crippen LogP contribution is 2.02. The highest BCUT2D eigenvalue weighted by Gasteiger charge is 1.81. The Morgan fingerprint density at radius 2 is 1.62 bits per heavy atom. The van der Waals surface area contributed by atoms with E-state index in [0.717, 1.165) is 10.5 Å². The molecule has 0 aromatic heterocycles. The van der Waals surface area contributed by atoms with Gasteiger partial charge in [0.1, 0.15) is 7.85 Å². The van der Waals surface area contributed by atoms with Gasteiger partial charge in [-0.15, -0.1) is 0 Å². The fourth-order valence-corrected chi connectivity index (χ4v) is 0.589. The van der Waals surface area contributed by atoms with Crippen molar-refractivity contribution in [1.82, 2.24) is 0 Å². The van der Waals surface area contributed by atoms with Gasteiger partial charge in [0, 0.05) is 5.02 Å². The van der Waals surface area contributed by atoms with Gasteiger partial charge in [0.25, 0.3) is 0 Å². The molecule has 0 spiro atoms. The lowest BCUT2D eigenvalue weighted by Crippen LogP contribution is -1.97. The summed E-state index contributed by atoms with van der Waals surface area (Å²) in [6.45, 7) is 0. The van der Waals surface area contributed by atoms with Gasteiger partial charge in [-0.25, -0.2) is 0 Å². The Morgan fingerprint density at radius 1 is 1.12 bits per heavy atom. The maximum absolute atomic E-state index is 5.56. The van der Waals surface area contributed by atoms with Crippen LogP contribution < -0.4 is 5.46 Å². The maximum atomic E-state index is 5.56. The zero-order valence-electron chi connectivity index (χ0n) is 4.26. The number of benzene rings is 1. The first-order chi connectivity index (χ1) is 3.79. The quantitative estimate of drug-likeness (QED) is 0.453. The van der Waals surface area contributed by atoms with Crippen LogP contribution in [0.4, 0.5) is 0 Å². The number of hydrogen-bond acceptors (Lipinski definition) is 0. The highest BCUT2D eigenvalue weighted by atomic mass is 35.5. The third-order valence-electron chi connectivity index (χ3n) is 0.870. The van der Waals surface area contributed by atoms with Crippen LogP contribution in [-0.2, 0) is 0 Å². The predicted octanol–water partition coefficient (Wildman–Crippen LogP) is 1.13. The molecule has 38 valence electrons. The van der Waals surface area contributed by atoms with Gasteiger partial charge in [-0.05, 0) is 12.1 Å². The molecule has 0 N–H and O–H groups in total. The third-order valence-corrected chi connectivity index (χ3v) is 1.12. The first kappa shape index (κ1) is 5.71. The van der Waals surface area contributed by atoms with E-state index in [4.69, 9.17) is 19.4 Å². The molecule has 2 radical (unpaired) electrons. The minimum Gasteiger partial charge on any atom is -0.0966 e. The molecule has 1 rings (SSSR count).